The van der Waals surface area contributed by atoms with Crippen molar-refractivity contribution in [1.29, 1.82) is 0 Å². The van der Waals surface area contributed by atoms with E-state index in [0.717, 1.165) is 20.8 Å². The Morgan fingerprint density at radius 2 is 2.12 bits per heavy atom. The standard InChI is InChI=1S/C3H9N3Si2/c7-5-3-1-2-4-6(5)8/h1-3H,7-8H3. The van der Waals surface area contributed by atoms with Gasteiger partial charge in [-0.25, -0.2) is 0 Å². The van der Waals surface area contributed by atoms with Crippen LogP contribution in [0.25, 0.3) is 0 Å². The number of hydrazone groups is 1. The molecule has 0 atom stereocenters. The van der Waals surface area contributed by atoms with Crippen LogP contribution in [0, 0.1) is 0 Å². The molecule has 44 valence electrons. The van der Waals surface area contributed by atoms with Crippen LogP contribution in [0.15, 0.2) is 17.4 Å². The fraction of sp³-hybridized carbons (Fsp3) is 0. The van der Waals surface area contributed by atoms with Gasteiger partial charge in [-0.15, -0.1) is 0 Å². The Hall–Kier alpha value is -0.556. The van der Waals surface area contributed by atoms with Gasteiger partial charge in [0.05, 0.1) is 0 Å². The lowest BCUT2D eigenvalue weighted by atomic mass is 10.7. The van der Waals surface area contributed by atoms with E-state index in [1.165, 1.54) is 0 Å². The molecule has 0 unspecified atom stereocenters. The Morgan fingerprint density at radius 3 is 2.50 bits per heavy atom. The van der Waals surface area contributed by atoms with E-state index >= 15 is 0 Å². The average Bonchev–Trinajstić information content (AvgIpc) is 1.77. The van der Waals surface area contributed by atoms with Crippen LogP contribution in [0.3, 0.4) is 0 Å². The molecule has 3 nitrogen and oxygen atoms in total. The second-order valence-electron chi connectivity index (χ2n) is 1.67. The molecule has 0 spiro atoms. The van der Waals surface area contributed by atoms with E-state index < -0.39 is 0 Å². The van der Waals surface area contributed by atoms with Gasteiger partial charge in [0.25, 0.3) is 0 Å². The molecule has 0 radical (unpaired) electrons. The molecule has 1 heterocycles. The zero-order valence-corrected chi connectivity index (χ0v) is 9.07. The summed E-state index contributed by atoms with van der Waals surface area (Å²) in [5.74, 6) is 0. The van der Waals surface area contributed by atoms with Crippen molar-refractivity contribution in [3.63, 3.8) is 0 Å². The molecule has 1 aliphatic heterocycles. The van der Waals surface area contributed by atoms with E-state index in [1.807, 2.05) is 17.1 Å². The maximum Gasteiger partial charge on any atom is 0.161 e. The van der Waals surface area contributed by atoms with E-state index in [0.29, 0.717) is 0 Å². The molecule has 0 saturated heterocycles. The molecule has 1 aliphatic rings. The van der Waals surface area contributed by atoms with Crippen molar-refractivity contribution in [2.75, 3.05) is 0 Å². The van der Waals surface area contributed by atoms with Crippen molar-refractivity contribution in [3.05, 3.63) is 12.3 Å². The normalized spacial score (nSPS) is 18.5. The summed E-state index contributed by atoms with van der Waals surface area (Å²) in [5.41, 5.74) is 0. The fourth-order valence-electron chi connectivity index (χ4n) is 0.476. The smallest absolute Gasteiger partial charge is 0.161 e. The van der Waals surface area contributed by atoms with Gasteiger partial charge in [-0.3, -0.25) is 4.78 Å². The Morgan fingerprint density at radius 1 is 1.38 bits per heavy atom. The average molecular weight is 143 g/mol. The highest BCUT2D eigenvalue weighted by molar-refractivity contribution is 6.11. The zero-order valence-electron chi connectivity index (χ0n) is 5.07. The maximum atomic E-state index is 4.05. The summed E-state index contributed by atoms with van der Waals surface area (Å²) in [5, 5.41) is 4.05. The van der Waals surface area contributed by atoms with Gasteiger partial charge in [0.2, 0.25) is 0 Å². The first-order valence-corrected chi connectivity index (χ1v) is 4.27. The zero-order chi connectivity index (χ0) is 5.98. The van der Waals surface area contributed by atoms with Gasteiger partial charge in [0.15, 0.2) is 10.4 Å². The van der Waals surface area contributed by atoms with Gasteiger partial charge in [-0.2, -0.15) is 5.10 Å². The molecule has 0 aromatic carbocycles. The van der Waals surface area contributed by atoms with Gasteiger partial charge >= 0.3 is 0 Å². The molecule has 0 bridgehead atoms. The molecule has 0 amide bonds. The van der Waals surface area contributed by atoms with Crippen LogP contribution in [-0.4, -0.2) is 36.5 Å². The molecular formula is C3H9N3Si2. The Bertz CT molecular complexity index is 116. The van der Waals surface area contributed by atoms with Crippen molar-refractivity contribution in [3.8, 4) is 0 Å². The number of hydrogen-bond acceptors (Lipinski definition) is 3. The first kappa shape index (κ1) is 5.58. The highest BCUT2D eigenvalue weighted by Gasteiger charge is 1.94. The van der Waals surface area contributed by atoms with E-state index in [1.54, 1.807) is 6.21 Å². The first-order valence-electron chi connectivity index (χ1n) is 2.48. The Balaban J connectivity index is 2.59. The van der Waals surface area contributed by atoms with E-state index in [2.05, 4.69) is 9.78 Å². The van der Waals surface area contributed by atoms with Crippen molar-refractivity contribution in [2.45, 2.75) is 0 Å². The highest BCUT2D eigenvalue weighted by Crippen LogP contribution is 1.93. The molecule has 0 N–H and O–H groups in total. The van der Waals surface area contributed by atoms with Crippen molar-refractivity contribution < 1.29 is 0 Å². The summed E-state index contributed by atoms with van der Waals surface area (Å²) in [6.07, 6.45) is 5.79. The van der Waals surface area contributed by atoms with Crippen LogP contribution in [0.2, 0.25) is 0 Å². The molecule has 0 aliphatic carbocycles. The van der Waals surface area contributed by atoms with Crippen LogP contribution < -0.4 is 0 Å². The lowest BCUT2D eigenvalue weighted by molar-refractivity contribution is 0.247. The third kappa shape index (κ3) is 0.986. The quantitative estimate of drug-likeness (QED) is 0.352. The molecule has 5 heteroatoms. The first-order chi connectivity index (χ1) is 3.80. The van der Waals surface area contributed by atoms with Gasteiger partial charge in [0, 0.05) is 12.4 Å². The number of rotatable bonds is 0. The van der Waals surface area contributed by atoms with Crippen molar-refractivity contribution in [2.24, 2.45) is 5.10 Å². The second kappa shape index (κ2) is 2.14. The SMILES string of the molecule is [SiH3]N1C=CC=NN1[SiH3]. The molecule has 0 aromatic rings. The third-order valence-electron chi connectivity index (χ3n) is 1.08. The number of nitrogens with zero attached hydrogens (tertiary/aromatic N) is 3. The van der Waals surface area contributed by atoms with E-state index in [-0.39, 0.29) is 0 Å². The van der Waals surface area contributed by atoms with Crippen molar-refractivity contribution in [1.82, 2.24) is 9.46 Å². The van der Waals surface area contributed by atoms with Crippen LogP contribution in [0.5, 0.6) is 0 Å². The van der Waals surface area contributed by atoms with Crippen LogP contribution in [0.1, 0.15) is 0 Å². The number of hydrogen-bond donors (Lipinski definition) is 0. The second-order valence-corrected chi connectivity index (χ2v) is 3.39. The third-order valence-corrected chi connectivity index (χ3v) is 3.62. The van der Waals surface area contributed by atoms with Crippen LogP contribution in [0.4, 0.5) is 0 Å². The lowest BCUT2D eigenvalue weighted by Gasteiger charge is -2.27. The molecule has 8 heavy (non-hydrogen) atoms. The van der Waals surface area contributed by atoms with Gasteiger partial charge < -0.3 is 4.67 Å². The van der Waals surface area contributed by atoms with E-state index in [4.69, 9.17) is 0 Å². The van der Waals surface area contributed by atoms with Gasteiger partial charge in [-0.1, -0.05) is 0 Å². The lowest BCUT2D eigenvalue weighted by Crippen LogP contribution is -2.31. The summed E-state index contributed by atoms with van der Waals surface area (Å²) in [6.45, 7) is 0. The summed E-state index contributed by atoms with van der Waals surface area (Å²) >= 11 is 0. The topological polar surface area (TPSA) is 18.8 Å². The molecule has 0 fully saturated rings. The molecule has 0 saturated carbocycles. The fourth-order valence-corrected chi connectivity index (χ4v) is 1.02. The van der Waals surface area contributed by atoms with E-state index in [9.17, 15) is 0 Å². The minimum atomic E-state index is 0.979. The predicted molar refractivity (Wildman–Crippen MR) is 41.2 cm³/mol. The Kier molecular flexibility index (Phi) is 1.49. The number of allylic oxidation sites excluding steroid dienone is 1. The molecule has 0 aromatic heterocycles. The number of hydrazine groups is 1. The van der Waals surface area contributed by atoms with Crippen LogP contribution in [-0.2, 0) is 0 Å². The van der Waals surface area contributed by atoms with Crippen molar-refractivity contribution >= 4 is 27.0 Å². The largest absolute Gasteiger partial charge is 0.326 e. The molecule has 1 rings (SSSR count). The molecular weight excluding hydrogens is 134 g/mol. The maximum absolute atomic E-state index is 4.05. The monoisotopic (exact) mass is 143 g/mol. The minimum Gasteiger partial charge on any atom is -0.326 e. The van der Waals surface area contributed by atoms with Gasteiger partial charge in [-0.05, 0) is 6.08 Å². The van der Waals surface area contributed by atoms with Crippen LogP contribution >= 0.6 is 0 Å². The summed E-state index contributed by atoms with van der Waals surface area (Å²) in [6, 6.07) is 0. The summed E-state index contributed by atoms with van der Waals surface area (Å²) in [4.78, 5) is 1.95. The highest BCUT2D eigenvalue weighted by atomic mass is 28.2. The Labute approximate surface area is 54.6 Å². The predicted octanol–water partition coefficient (Wildman–Crippen LogP) is -2.42. The summed E-state index contributed by atoms with van der Waals surface area (Å²) in [7, 11) is 2.01. The minimum absolute atomic E-state index is 0.979. The van der Waals surface area contributed by atoms with Gasteiger partial charge in [0.1, 0.15) is 10.4 Å². The summed E-state index contributed by atoms with van der Waals surface area (Å²) < 4.78 is 2.09.